The molecule has 0 saturated carbocycles. The van der Waals surface area contributed by atoms with Crippen molar-refractivity contribution in [3.8, 4) is 5.75 Å². The molecule has 0 aliphatic carbocycles. The summed E-state index contributed by atoms with van der Waals surface area (Å²) in [6, 6.07) is 9.86. The van der Waals surface area contributed by atoms with Crippen LogP contribution in [0.4, 0.5) is 4.39 Å². The number of methoxy groups -OCH3 is 1. The lowest BCUT2D eigenvalue weighted by molar-refractivity contribution is -0.140. The highest BCUT2D eigenvalue weighted by atomic mass is 32.1. The van der Waals surface area contributed by atoms with Crippen LogP contribution in [0.1, 0.15) is 22.0 Å². The Hall–Kier alpha value is -3.52. The third-order valence-electron chi connectivity index (χ3n) is 4.86. The number of aliphatic hydroxyl groups is 1. The molecular weight excluding hydrogens is 407 g/mol. The molecule has 1 aliphatic heterocycles. The van der Waals surface area contributed by atoms with Crippen molar-refractivity contribution in [1.29, 1.82) is 0 Å². The fourth-order valence-electron chi connectivity index (χ4n) is 3.51. The van der Waals surface area contributed by atoms with Crippen LogP contribution in [-0.4, -0.2) is 33.8 Å². The van der Waals surface area contributed by atoms with Crippen LogP contribution in [-0.2, 0) is 16.1 Å². The molecule has 1 aromatic carbocycles. The van der Waals surface area contributed by atoms with Crippen molar-refractivity contribution < 1.29 is 23.8 Å². The summed E-state index contributed by atoms with van der Waals surface area (Å²) in [6.07, 6.45) is 3.11. The molecule has 1 N–H and O–H groups in total. The molecule has 1 aliphatic rings. The van der Waals surface area contributed by atoms with Crippen LogP contribution in [0.3, 0.4) is 0 Å². The summed E-state index contributed by atoms with van der Waals surface area (Å²) in [5, 5.41) is 12.9. The van der Waals surface area contributed by atoms with Crippen LogP contribution in [0.2, 0.25) is 0 Å². The standard InChI is InChI=1S/C22H17FN2O4S/c1-29-17-7-6-14(23)10-16(17)20(26)18-19(13-4-2-8-24-11-13)25(22(28)21(18)27)12-15-5-3-9-30-15/h2-11,19,26H,12H2,1H3/b20-18+. The number of halogens is 1. The predicted octanol–water partition coefficient (Wildman–Crippen LogP) is 3.91. The zero-order valence-electron chi connectivity index (χ0n) is 15.9. The Morgan fingerprint density at radius 2 is 2.10 bits per heavy atom. The molecule has 8 heteroatoms. The summed E-state index contributed by atoms with van der Waals surface area (Å²) in [5.41, 5.74) is 0.430. The van der Waals surface area contributed by atoms with Crippen LogP contribution in [0.25, 0.3) is 5.76 Å². The minimum absolute atomic E-state index is 0.000476. The third-order valence-corrected chi connectivity index (χ3v) is 5.72. The minimum atomic E-state index is -0.867. The highest BCUT2D eigenvalue weighted by Crippen LogP contribution is 2.41. The molecule has 3 aromatic rings. The van der Waals surface area contributed by atoms with Gasteiger partial charge in [-0.1, -0.05) is 12.1 Å². The number of thiophene rings is 1. The summed E-state index contributed by atoms with van der Waals surface area (Å²) in [5.74, 6) is -2.50. The summed E-state index contributed by atoms with van der Waals surface area (Å²) < 4.78 is 19.1. The zero-order chi connectivity index (χ0) is 21.3. The number of carbonyl (C=O) groups excluding carboxylic acids is 2. The van der Waals surface area contributed by atoms with Crippen LogP contribution >= 0.6 is 11.3 Å². The quantitative estimate of drug-likeness (QED) is 0.382. The summed E-state index contributed by atoms with van der Waals surface area (Å²) >= 11 is 1.46. The Balaban J connectivity index is 1.90. The molecule has 6 nitrogen and oxygen atoms in total. The molecule has 1 saturated heterocycles. The number of aromatic nitrogens is 1. The summed E-state index contributed by atoms with van der Waals surface area (Å²) in [6.45, 7) is 0.193. The fourth-order valence-corrected chi connectivity index (χ4v) is 4.21. The first-order valence-electron chi connectivity index (χ1n) is 9.06. The normalized spacial score (nSPS) is 18.1. The lowest BCUT2D eigenvalue weighted by Crippen LogP contribution is -2.28. The number of amides is 1. The van der Waals surface area contributed by atoms with E-state index in [9.17, 15) is 19.1 Å². The molecule has 1 fully saturated rings. The molecule has 1 unspecified atom stereocenters. The van der Waals surface area contributed by atoms with Gasteiger partial charge in [0.05, 0.1) is 30.8 Å². The van der Waals surface area contributed by atoms with Crippen molar-refractivity contribution >= 4 is 28.8 Å². The number of ether oxygens (including phenoxy) is 1. The number of hydrogen-bond donors (Lipinski definition) is 1. The van der Waals surface area contributed by atoms with Crippen molar-refractivity contribution in [3.63, 3.8) is 0 Å². The molecule has 2 aromatic heterocycles. The maximum absolute atomic E-state index is 13.9. The molecule has 0 radical (unpaired) electrons. The number of pyridine rings is 1. The maximum atomic E-state index is 13.9. The predicted molar refractivity (Wildman–Crippen MR) is 109 cm³/mol. The van der Waals surface area contributed by atoms with Crippen molar-refractivity contribution in [2.45, 2.75) is 12.6 Å². The molecule has 152 valence electrons. The van der Waals surface area contributed by atoms with Crippen molar-refractivity contribution in [2.24, 2.45) is 0 Å². The van der Waals surface area contributed by atoms with Gasteiger partial charge >= 0.3 is 0 Å². The van der Waals surface area contributed by atoms with Gasteiger partial charge in [-0.05, 0) is 41.3 Å². The Morgan fingerprint density at radius 1 is 1.27 bits per heavy atom. The SMILES string of the molecule is COc1ccc(F)cc1/C(O)=C1\C(=O)C(=O)N(Cc2cccs2)C1c1cccnc1. The lowest BCUT2D eigenvalue weighted by Gasteiger charge is -2.24. The van der Waals surface area contributed by atoms with Gasteiger partial charge in [-0.3, -0.25) is 14.6 Å². The first-order valence-corrected chi connectivity index (χ1v) is 9.94. The average Bonchev–Trinajstić information content (AvgIpc) is 3.36. The van der Waals surface area contributed by atoms with Gasteiger partial charge in [0.2, 0.25) is 0 Å². The van der Waals surface area contributed by atoms with Crippen LogP contribution < -0.4 is 4.74 Å². The molecule has 0 bridgehead atoms. The molecule has 0 spiro atoms. The van der Waals surface area contributed by atoms with E-state index in [4.69, 9.17) is 4.74 Å². The first kappa shape index (κ1) is 19.8. The average molecular weight is 424 g/mol. The van der Waals surface area contributed by atoms with Gasteiger partial charge in [0.15, 0.2) is 0 Å². The van der Waals surface area contributed by atoms with Crippen molar-refractivity contribution in [2.75, 3.05) is 7.11 Å². The van der Waals surface area contributed by atoms with Gasteiger partial charge in [-0.25, -0.2) is 4.39 Å². The number of ketones is 1. The van der Waals surface area contributed by atoms with Gasteiger partial charge in [0, 0.05) is 17.3 Å². The topological polar surface area (TPSA) is 79.7 Å². The minimum Gasteiger partial charge on any atom is -0.507 e. The smallest absolute Gasteiger partial charge is 0.295 e. The number of Topliss-reactive ketones (excluding diaryl/α,β-unsaturated/α-hetero) is 1. The molecule has 3 heterocycles. The Morgan fingerprint density at radius 3 is 2.77 bits per heavy atom. The lowest BCUT2D eigenvalue weighted by atomic mass is 9.96. The number of likely N-dealkylation sites (tertiary alicyclic amines) is 1. The number of aliphatic hydroxyl groups excluding tert-OH is 1. The molecular formula is C22H17FN2O4S. The monoisotopic (exact) mass is 424 g/mol. The molecule has 1 atom stereocenters. The number of hydrogen-bond acceptors (Lipinski definition) is 6. The van der Waals surface area contributed by atoms with Crippen LogP contribution in [0.5, 0.6) is 5.75 Å². The second-order valence-electron chi connectivity index (χ2n) is 6.64. The second-order valence-corrected chi connectivity index (χ2v) is 7.67. The van der Waals surface area contributed by atoms with E-state index < -0.39 is 29.3 Å². The summed E-state index contributed by atoms with van der Waals surface area (Å²) in [4.78, 5) is 32.2. The highest BCUT2D eigenvalue weighted by molar-refractivity contribution is 7.09. The van der Waals surface area contributed by atoms with Gasteiger partial charge in [0.1, 0.15) is 17.3 Å². The largest absolute Gasteiger partial charge is 0.507 e. The molecule has 4 rings (SSSR count). The number of rotatable bonds is 5. The Bertz CT molecular complexity index is 1130. The fraction of sp³-hybridized carbons (Fsp3) is 0.136. The zero-order valence-corrected chi connectivity index (χ0v) is 16.7. The van der Waals surface area contributed by atoms with E-state index >= 15 is 0 Å². The van der Waals surface area contributed by atoms with E-state index in [1.54, 1.807) is 18.3 Å². The van der Waals surface area contributed by atoms with E-state index in [0.29, 0.717) is 5.56 Å². The molecule has 1 amide bonds. The van der Waals surface area contributed by atoms with Gasteiger partial charge in [-0.15, -0.1) is 11.3 Å². The highest BCUT2D eigenvalue weighted by Gasteiger charge is 2.46. The van der Waals surface area contributed by atoms with E-state index in [0.717, 1.165) is 10.9 Å². The Labute approximate surface area is 175 Å². The van der Waals surface area contributed by atoms with Crippen molar-refractivity contribution in [1.82, 2.24) is 9.88 Å². The summed E-state index contributed by atoms with van der Waals surface area (Å²) in [7, 11) is 1.37. The third kappa shape index (κ3) is 3.46. The van der Waals surface area contributed by atoms with Crippen LogP contribution in [0.15, 0.2) is 65.8 Å². The second kappa shape index (κ2) is 8.08. The molecule has 30 heavy (non-hydrogen) atoms. The van der Waals surface area contributed by atoms with E-state index in [-0.39, 0.29) is 23.4 Å². The van der Waals surface area contributed by atoms with Gasteiger partial charge in [-0.2, -0.15) is 0 Å². The maximum Gasteiger partial charge on any atom is 0.295 e. The van der Waals surface area contributed by atoms with E-state index in [1.807, 2.05) is 17.5 Å². The number of carbonyl (C=O) groups is 2. The van der Waals surface area contributed by atoms with Gasteiger partial charge in [0.25, 0.3) is 11.7 Å². The van der Waals surface area contributed by atoms with Gasteiger partial charge < -0.3 is 14.7 Å². The van der Waals surface area contributed by atoms with E-state index in [2.05, 4.69) is 4.98 Å². The number of benzene rings is 1. The van der Waals surface area contributed by atoms with E-state index in [1.165, 1.54) is 41.7 Å². The first-order chi connectivity index (χ1) is 14.5. The van der Waals surface area contributed by atoms with Crippen LogP contribution in [0, 0.1) is 5.82 Å². The number of nitrogens with zero attached hydrogens (tertiary/aromatic N) is 2. The van der Waals surface area contributed by atoms with Crippen molar-refractivity contribution in [3.05, 3.63) is 87.6 Å². The Kier molecular flexibility index (Phi) is 5.33.